The summed E-state index contributed by atoms with van der Waals surface area (Å²) in [6, 6.07) is 9.49. The van der Waals surface area contributed by atoms with E-state index in [0.29, 0.717) is 11.6 Å². The lowest BCUT2D eigenvalue weighted by molar-refractivity contribution is -0.0337. The summed E-state index contributed by atoms with van der Waals surface area (Å²) >= 11 is 0. The van der Waals surface area contributed by atoms with Crippen LogP contribution in [-0.4, -0.2) is 24.7 Å². The van der Waals surface area contributed by atoms with Crippen LogP contribution in [0.1, 0.15) is 12.0 Å². The zero-order valence-electron chi connectivity index (χ0n) is 11.0. The average molecular weight is 269 g/mol. The van der Waals surface area contributed by atoms with E-state index in [1.54, 1.807) is 0 Å². The maximum absolute atomic E-state index is 11.9. The Morgan fingerprint density at radius 1 is 1.40 bits per heavy atom. The number of H-pyrrole nitrogens is 1. The van der Waals surface area contributed by atoms with Crippen LogP contribution in [-0.2, 0) is 4.74 Å². The Labute approximate surface area is 116 Å². The maximum Gasteiger partial charge on any atom is 0.268 e. The fraction of sp³-hybridized carbons (Fsp3) is 0.333. The van der Waals surface area contributed by atoms with E-state index >= 15 is 0 Å². The molecule has 0 aliphatic carbocycles. The third kappa shape index (κ3) is 2.26. The molecule has 1 aromatic carbocycles. The van der Waals surface area contributed by atoms with Crippen molar-refractivity contribution in [3.63, 3.8) is 0 Å². The maximum atomic E-state index is 11.9. The second-order valence-corrected chi connectivity index (χ2v) is 4.98. The minimum Gasteiger partial charge on any atom is -0.383 e. The number of pyridine rings is 1. The number of para-hydroxylation sites is 1. The first-order valence-electron chi connectivity index (χ1n) is 6.66. The van der Waals surface area contributed by atoms with Gasteiger partial charge in [0.2, 0.25) is 0 Å². The van der Waals surface area contributed by atoms with Gasteiger partial charge in [-0.3, -0.25) is 4.79 Å². The van der Waals surface area contributed by atoms with Gasteiger partial charge in [-0.2, -0.15) is 5.26 Å². The summed E-state index contributed by atoms with van der Waals surface area (Å²) in [7, 11) is 0. The highest BCUT2D eigenvalue weighted by atomic mass is 16.5. The van der Waals surface area contributed by atoms with Crippen LogP contribution in [0.2, 0.25) is 0 Å². The van der Waals surface area contributed by atoms with E-state index in [4.69, 9.17) is 4.74 Å². The number of aromatic amines is 1. The summed E-state index contributed by atoms with van der Waals surface area (Å²) < 4.78 is 5.14. The first kappa shape index (κ1) is 12.7. The van der Waals surface area contributed by atoms with Crippen LogP contribution in [0.25, 0.3) is 10.9 Å². The molecule has 0 saturated carbocycles. The van der Waals surface area contributed by atoms with Gasteiger partial charge in [0.25, 0.3) is 5.56 Å². The fourth-order valence-corrected chi connectivity index (χ4v) is 2.39. The van der Waals surface area contributed by atoms with Crippen molar-refractivity contribution in [2.45, 2.75) is 6.42 Å². The molecule has 5 nitrogen and oxygen atoms in total. The molecule has 0 radical (unpaired) electrons. The molecule has 5 heteroatoms. The molecular weight excluding hydrogens is 254 g/mol. The Kier molecular flexibility index (Phi) is 3.40. The third-order valence-electron chi connectivity index (χ3n) is 3.59. The van der Waals surface area contributed by atoms with E-state index in [1.165, 1.54) is 0 Å². The van der Waals surface area contributed by atoms with Gasteiger partial charge in [0.15, 0.2) is 0 Å². The number of nitrogens with one attached hydrogen (secondary N) is 2. The molecule has 0 spiro atoms. The van der Waals surface area contributed by atoms with E-state index in [0.717, 1.165) is 37.1 Å². The smallest absolute Gasteiger partial charge is 0.268 e. The molecule has 3 rings (SSSR count). The van der Waals surface area contributed by atoms with Crippen LogP contribution >= 0.6 is 0 Å². The van der Waals surface area contributed by atoms with Crippen molar-refractivity contribution in [2.75, 3.05) is 25.1 Å². The summed E-state index contributed by atoms with van der Waals surface area (Å²) in [4.78, 5) is 14.6. The number of nitriles is 1. The number of nitrogens with zero attached hydrogens (tertiary/aromatic N) is 1. The molecule has 1 fully saturated rings. The van der Waals surface area contributed by atoms with Crippen molar-refractivity contribution in [2.24, 2.45) is 5.92 Å². The summed E-state index contributed by atoms with van der Waals surface area (Å²) in [6.07, 6.45) is 0.978. The van der Waals surface area contributed by atoms with Gasteiger partial charge in [-0.15, -0.1) is 0 Å². The number of ether oxygens (including phenoxy) is 1. The van der Waals surface area contributed by atoms with Gasteiger partial charge >= 0.3 is 0 Å². The number of anilines is 1. The van der Waals surface area contributed by atoms with Crippen LogP contribution in [0.3, 0.4) is 0 Å². The normalized spacial score (nSPS) is 14.8. The highest BCUT2D eigenvalue weighted by molar-refractivity contribution is 5.93. The van der Waals surface area contributed by atoms with Gasteiger partial charge in [-0.25, -0.2) is 0 Å². The monoisotopic (exact) mass is 269 g/mol. The van der Waals surface area contributed by atoms with Crippen molar-refractivity contribution in [1.82, 2.24) is 4.98 Å². The molecule has 1 aromatic heterocycles. The number of hydrogen-bond donors (Lipinski definition) is 2. The van der Waals surface area contributed by atoms with Gasteiger partial charge in [0, 0.05) is 17.8 Å². The molecule has 1 aliphatic heterocycles. The SMILES string of the molecule is N#Cc1c(NCCC2COC2)c2ccccc2[nH]c1=O. The molecule has 102 valence electrons. The average Bonchev–Trinajstić information content (AvgIpc) is 2.41. The van der Waals surface area contributed by atoms with Crippen molar-refractivity contribution in [1.29, 1.82) is 5.26 Å². The Balaban J connectivity index is 1.93. The van der Waals surface area contributed by atoms with E-state index in [1.807, 2.05) is 30.3 Å². The molecular formula is C15H15N3O2. The Morgan fingerprint density at radius 3 is 2.90 bits per heavy atom. The summed E-state index contributed by atoms with van der Waals surface area (Å²) in [6.45, 7) is 2.35. The zero-order chi connectivity index (χ0) is 13.9. The van der Waals surface area contributed by atoms with Crippen LogP contribution in [0, 0.1) is 17.2 Å². The summed E-state index contributed by atoms with van der Waals surface area (Å²) in [5.41, 5.74) is 1.17. The molecule has 0 amide bonds. The van der Waals surface area contributed by atoms with Crippen molar-refractivity contribution in [3.8, 4) is 6.07 Å². The van der Waals surface area contributed by atoms with Crippen molar-refractivity contribution < 1.29 is 4.74 Å². The topological polar surface area (TPSA) is 77.9 Å². The van der Waals surface area contributed by atoms with Crippen LogP contribution in [0.5, 0.6) is 0 Å². The van der Waals surface area contributed by atoms with Crippen molar-refractivity contribution in [3.05, 3.63) is 40.2 Å². The van der Waals surface area contributed by atoms with E-state index < -0.39 is 0 Å². The molecule has 20 heavy (non-hydrogen) atoms. The van der Waals surface area contributed by atoms with Crippen LogP contribution in [0.15, 0.2) is 29.1 Å². The van der Waals surface area contributed by atoms with Gasteiger partial charge < -0.3 is 15.0 Å². The minimum atomic E-state index is -0.347. The van der Waals surface area contributed by atoms with E-state index in [9.17, 15) is 10.1 Å². The van der Waals surface area contributed by atoms with E-state index in [2.05, 4.69) is 10.3 Å². The second kappa shape index (κ2) is 5.35. The predicted octanol–water partition coefficient (Wildman–Crippen LogP) is 1.85. The quantitative estimate of drug-likeness (QED) is 0.888. The Morgan fingerprint density at radius 2 is 2.20 bits per heavy atom. The van der Waals surface area contributed by atoms with Gasteiger partial charge in [-0.05, 0) is 12.5 Å². The first-order valence-corrected chi connectivity index (χ1v) is 6.66. The number of aromatic nitrogens is 1. The lowest BCUT2D eigenvalue weighted by atomic mass is 10.0. The highest BCUT2D eigenvalue weighted by Crippen LogP contribution is 2.23. The molecule has 2 heterocycles. The lowest BCUT2D eigenvalue weighted by Gasteiger charge is -2.26. The standard InChI is InChI=1S/C15H15N3O2/c16-7-12-14(17-6-5-10-8-20-9-10)11-3-1-2-4-13(11)18-15(12)19/h1-4,10H,5-6,8-9H2,(H2,17,18,19). The van der Waals surface area contributed by atoms with E-state index in [-0.39, 0.29) is 11.1 Å². The predicted molar refractivity (Wildman–Crippen MR) is 76.7 cm³/mol. The summed E-state index contributed by atoms with van der Waals surface area (Å²) in [5, 5.41) is 13.3. The fourth-order valence-electron chi connectivity index (χ4n) is 2.39. The third-order valence-corrected chi connectivity index (χ3v) is 3.59. The van der Waals surface area contributed by atoms with Gasteiger partial charge in [-0.1, -0.05) is 18.2 Å². The Hall–Kier alpha value is -2.32. The highest BCUT2D eigenvalue weighted by Gasteiger charge is 2.18. The van der Waals surface area contributed by atoms with Crippen LogP contribution in [0.4, 0.5) is 5.69 Å². The first-order chi connectivity index (χ1) is 9.79. The molecule has 1 aliphatic rings. The number of benzene rings is 1. The number of rotatable bonds is 4. The molecule has 1 saturated heterocycles. The molecule has 2 aromatic rings. The lowest BCUT2D eigenvalue weighted by Crippen LogP contribution is -2.29. The van der Waals surface area contributed by atoms with Crippen molar-refractivity contribution >= 4 is 16.6 Å². The number of fused-ring (bicyclic) bond motifs is 1. The van der Waals surface area contributed by atoms with Crippen LogP contribution < -0.4 is 10.9 Å². The molecule has 2 N–H and O–H groups in total. The van der Waals surface area contributed by atoms with Gasteiger partial charge in [0.1, 0.15) is 11.6 Å². The molecule has 0 bridgehead atoms. The Bertz CT molecular complexity index is 726. The number of hydrogen-bond acceptors (Lipinski definition) is 4. The largest absolute Gasteiger partial charge is 0.383 e. The zero-order valence-corrected chi connectivity index (χ0v) is 11.0. The molecule has 0 atom stereocenters. The second-order valence-electron chi connectivity index (χ2n) is 4.98. The molecule has 0 unspecified atom stereocenters. The van der Waals surface area contributed by atoms with Gasteiger partial charge in [0.05, 0.1) is 24.4 Å². The summed E-state index contributed by atoms with van der Waals surface area (Å²) in [5.74, 6) is 0.585. The minimum absolute atomic E-state index is 0.147.